The van der Waals surface area contributed by atoms with E-state index in [1.165, 1.54) is 11.0 Å². The molecule has 10 heteroatoms. The summed E-state index contributed by atoms with van der Waals surface area (Å²) in [6.45, 7) is 1.51. The number of aromatic nitrogens is 4. The maximum atomic E-state index is 5.84. The lowest BCUT2D eigenvalue weighted by Gasteiger charge is -2.18. The highest BCUT2D eigenvalue weighted by atomic mass is 35.5. The topological polar surface area (TPSA) is 71.3 Å². The summed E-state index contributed by atoms with van der Waals surface area (Å²) >= 11 is 11.1. The van der Waals surface area contributed by atoms with E-state index in [2.05, 4.69) is 15.1 Å². The highest BCUT2D eigenvalue weighted by molar-refractivity contribution is 8.07. The standard InChI is InChI=1S/C11H14ClN4O3PS/c1-3-17-20(21,18-4-2)19-11-13-8-16(15-11)10-7-5-6-9(12)14-10/h5-8H,3-4H2,1-2H3. The summed E-state index contributed by atoms with van der Waals surface area (Å²) in [5, 5.41) is 4.49. The molecule has 0 bridgehead atoms. The third-order valence-corrected chi connectivity index (χ3v) is 4.78. The zero-order valence-corrected chi connectivity index (χ0v) is 13.9. The van der Waals surface area contributed by atoms with Crippen LogP contribution in [0.2, 0.25) is 5.15 Å². The van der Waals surface area contributed by atoms with Crippen molar-refractivity contribution in [1.29, 1.82) is 0 Å². The van der Waals surface area contributed by atoms with Gasteiger partial charge in [0.15, 0.2) is 5.82 Å². The van der Waals surface area contributed by atoms with Gasteiger partial charge < -0.3 is 4.52 Å². The largest absolute Gasteiger partial charge is 0.388 e. The second kappa shape index (κ2) is 7.29. The summed E-state index contributed by atoms with van der Waals surface area (Å²) in [5.41, 5.74) is 0. The molecule has 0 fully saturated rings. The van der Waals surface area contributed by atoms with E-state index in [9.17, 15) is 0 Å². The van der Waals surface area contributed by atoms with Crippen LogP contribution in [0.3, 0.4) is 0 Å². The SMILES string of the molecule is CCOP(=S)(OCC)Oc1ncn(-c2cccc(Cl)n2)n1. The van der Waals surface area contributed by atoms with Gasteiger partial charge in [-0.1, -0.05) is 17.7 Å². The predicted molar refractivity (Wildman–Crippen MR) is 82.3 cm³/mol. The molecule has 2 heterocycles. The van der Waals surface area contributed by atoms with Crippen molar-refractivity contribution in [1.82, 2.24) is 19.7 Å². The molecule has 0 saturated heterocycles. The van der Waals surface area contributed by atoms with E-state index in [0.29, 0.717) is 24.2 Å². The van der Waals surface area contributed by atoms with Crippen molar-refractivity contribution in [3.8, 4) is 11.8 Å². The van der Waals surface area contributed by atoms with Crippen molar-refractivity contribution in [2.75, 3.05) is 13.2 Å². The summed E-state index contributed by atoms with van der Waals surface area (Å²) in [6, 6.07) is 5.24. The molecule has 2 aromatic rings. The van der Waals surface area contributed by atoms with Gasteiger partial charge in [-0.3, -0.25) is 9.05 Å². The fourth-order valence-corrected chi connectivity index (χ4v) is 3.52. The van der Waals surface area contributed by atoms with E-state index in [0.717, 1.165) is 0 Å². The van der Waals surface area contributed by atoms with Crippen LogP contribution in [-0.2, 0) is 20.9 Å². The normalized spacial score (nSPS) is 11.6. The summed E-state index contributed by atoms with van der Waals surface area (Å²) < 4.78 is 17.6. The molecule has 0 radical (unpaired) electrons. The Hall–Kier alpha value is -1.05. The van der Waals surface area contributed by atoms with E-state index in [-0.39, 0.29) is 6.01 Å². The van der Waals surface area contributed by atoms with Gasteiger partial charge in [0, 0.05) is 11.8 Å². The molecule has 0 spiro atoms. The highest BCUT2D eigenvalue weighted by Gasteiger charge is 2.23. The first-order valence-corrected chi connectivity index (χ1v) is 9.13. The minimum Gasteiger partial charge on any atom is -0.388 e. The van der Waals surface area contributed by atoms with Crippen molar-refractivity contribution < 1.29 is 13.6 Å². The van der Waals surface area contributed by atoms with Gasteiger partial charge >= 0.3 is 12.7 Å². The summed E-state index contributed by atoms with van der Waals surface area (Å²) in [5.74, 6) is 0.519. The Balaban J connectivity index is 2.18. The lowest BCUT2D eigenvalue weighted by molar-refractivity contribution is 0.214. The van der Waals surface area contributed by atoms with Gasteiger partial charge in [0.25, 0.3) is 0 Å². The molecule has 0 atom stereocenters. The van der Waals surface area contributed by atoms with Crippen molar-refractivity contribution in [3.63, 3.8) is 0 Å². The Morgan fingerprint density at radius 1 is 1.29 bits per heavy atom. The molecule has 0 aromatic carbocycles. The lowest BCUT2D eigenvalue weighted by Crippen LogP contribution is -2.04. The molecule has 2 aromatic heterocycles. The van der Waals surface area contributed by atoms with E-state index in [1.54, 1.807) is 18.2 Å². The summed E-state index contributed by atoms with van der Waals surface area (Å²) in [7, 11) is 0. The maximum absolute atomic E-state index is 5.84. The van der Waals surface area contributed by atoms with Crippen LogP contribution in [0, 0.1) is 0 Å². The Morgan fingerprint density at radius 3 is 2.62 bits per heavy atom. The van der Waals surface area contributed by atoms with Crippen molar-refractivity contribution in [2.24, 2.45) is 0 Å². The molecular weight excluding hydrogens is 335 g/mol. The average molecular weight is 349 g/mol. The third-order valence-electron chi connectivity index (χ3n) is 2.17. The van der Waals surface area contributed by atoms with Crippen LogP contribution in [-0.4, -0.2) is 33.0 Å². The molecular formula is C11H14ClN4O3PS. The van der Waals surface area contributed by atoms with E-state index in [4.69, 9.17) is 37.0 Å². The summed E-state index contributed by atoms with van der Waals surface area (Å²) in [4.78, 5) is 8.14. The van der Waals surface area contributed by atoms with Crippen LogP contribution in [0.1, 0.15) is 13.8 Å². The minimum atomic E-state index is -2.88. The fraction of sp³-hybridized carbons (Fsp3) is 0.364. The quantitative estimate of drug-likeness (QED) is 0.562. The van der Waals surface area contributed by atoms with Gasteiger partial charge in [-0.2, -0.15) is 9.67 Å². The van der Waals surface area contributed by atoms with E-state index < -0.39 is 6.72 Å². The lowest BCUT2D eigenvalue weighted by atomic mass is 10.5. The number of halogens is 1. The second-order valence-corrected chi connectivity index (χ2v) is 6.99. The Bertz CT molecular complexity index is 644. The van der Waals surface area contributed by atoms with Gasteiger partial charge in [-0.05, 0) is 26.0 Å². The molecule has 7 nitrogen and oxygen atoms in total. The molecule has 0 amide bonds. The maximum Gasteiger partial charge on any atom is 0.382 e. The minimum absolute atomic E-state index is 0.0713. The van der Waals surface area contributed by atoms with E-state index in [1.807, 2.05) is 13.8 Å². The monoisotopic (exact) mass is 348 g/mol. The average Bonchev–Trinajstić information content (AvgIpc) is 2.87. The Morgan fingerprint density at radius 2 is 2.00 bits per heavy atom. The first-order chi connectivity index (χ1) is 10.1. The van der Waals surface area contributed by atoms with Crippen LogP contribution in [0.25, 0.3) is 5.82 Å². The molecule has 0 N–H and O–H groups in total. The van der Waals surface area contributed by atoms with Crippen molar-refractivity contribution >= 4 is 30.1 Å². The van der Waals surface area contributed by atoms with Gasteiger partial charge in [0.2, 0.25) is 0 Å². The Kier molecular flexibility index (Phi) is 5.66. The number of rotatable bonds is 7. The molecule has 0 saturated carbocycles. The molecule has 21 heavy (non-hydrogen) atoms. The van der Waals surface area contributed by atoms with Gasteiger partial charge in [-0.25, -0.2) is 4.98 Å². The van der Waals surface area contributed by atoms with Crippen LogP contribution >= 0.6 is 18.3 Å². The van der Waals surface area contributed by atoms with Crippen LogP contribution in [0.15, 0.2) is 24.5 Å². The molecule has 0 aliphatic carbocycles. The molecule has 2 rings (SSSR count). The van der Waals surface area contributed by atoms with Gasteiger partial charge in [0.05, 0.1) is 13.2 Å². The van der Waals surface area contributed by atoms with Crippen molar-refractivity contribution in [3.05, 3.63) is 29.7 Å². The number of nitrogens with zero attached hydrogens (tertiary/aromatic N) is 4. The number of hydrogen-bond acceptors (Lipinski definition) is 7. The fourth-order valence-electron chi connectivity index (χ4n) is 1.43. The molecule has 0 aliphatic rings. The highest BCUT2D eigenvalue weighted by Crippen LogP contribution is 2.48. The number of pyridine rings is 1. The summed E-state index contributed by atoms with van der Waals surface area (Å²) in [6.07, 6.45) is 1.45. The third kappa shape index (κ3) is 4.46. The molecule has 0 unspecified atom stereocenters. The first-order valence-electron chi connectivity index (χ1n) is 6.19. The first kappa shape index (κ1) is 16.3. The van der Waals surface area contributed by atoms with Gasteiger partial charge in [-0.15, -0.1) is 5.10 Å². The van der Waals surface area contributed by atoms with Crippen LogP contribution in [0.5, 0.6) is 6.01 Å². The van der Waals surface area contributed by atoms with Crippen LogP contribution < -0.4 is 4.52 Å². The van der Waals surface area contributed by atoms with Crippen molar-refractivity contribution in [2.45, 2.75) is 13.8 Å². The van der Waals surface area contributed by atoms with Crippen LogP contribution in [0.4, 0.5) is 0 Å². The second-order valence-electron chi connectivity index (χ2n) is 3.66. The zero-order chi connectivity index (χ0) is 15.3. The van der Waals surface area contributed by atoms with Gasteiger partial charge in [0.1, 0.15) is 11.5 Å². The molecule has 0 aliphatic heterocycles. The Labute approximate surface area is 132 Å². The number of hydrogen-bond donors (Lipinski definition) is 0. The smallest absolute Gasteiger partial charge is 0.382 e. The van der Waals surface area contributed by atoms with E-state index >= 15 is 0 Å². The molecule has 114 valence electrons. The zero-order valence-electron chi connectivity index (χ0n) is 11.5. The predicted octanol–water partition coefficient (Wildman–Crippen LogP) is 2.99.